The number of fused-ring (bicyclic) bond motifs is 1. The van der Waals surface area contributed by atoms with E-state index in [1.807, 2.05) is 6.07 Å². The molecular formula is C15H11ClFNO2. The number of rotatable bonds is 1. The molecule has 1 fully saturated rings. The first-order chi connectivity index (χ1) is 9.56. The van der Waals surface area contributed by atoms with Crippen LogP contribution in [0.5, 0.6) is 5.75 Å². The second-order valence-corrected chi connectivity index (χ2v) is 5.55. The molecule has 1 aromatic rings. The van der Waals surface area contributed by atoms with Crippen molar-refractivity contribution >= 4 is 23.0 Å². The predicted octanol–water partition coefficient (Wildman–Crippen LogP) is 3.46. The van der Waals surface area contributed by atoms with Crippen LogP contribution >= 0.6 is 11.6 Å². The Morgan fingerprint density at radius 2 is 2.05 bits per heavy atom. The molecule has 102 valence electrons. The molecule has 3 nitrogen and oxygen atoms in total. The van der Waals surface area contributed by atoms with Crippen molar-refractivity contribution in [3.05, 3.63) is 34.1 Å². The molecule has 2 atom stereocenters. The number of halogens is 2. The minimum atomic E-state index is -0.914. The van der Waals surface area contributed by atoms with E-state index in [2.05, 4.69) is 0 Å². The summed E-state index contributed by atoms with van der Waals surface area (Å²) in [5, 5.41) is 18.3. The number of hydrogen-bond donors (Lipinski definition) is 1. The van der Waals surface area contributed by atoms with Crippen LogP contribution in [-0.2, 0) is 4.79 Å². The molecule has 3 rings (SSSR count). The normalized spacial score (nSPS) is 24.9. The van der Waals surface area contributed by atoms with Crippen LogP contribution in [0.1, 0.15) is 24.8 Å². The first-order valence-electron chi connectivity index (χ1n) is 6.42. The van der Waals surface area contributed by atoms with Crippen LogP contribution in [0.4, 0.5) is 4.39 Å². The molecule has 0 saturated heterocycles. The first-order valence-corrected chi connectivity index (χ1v) is 6.80. The van der Waals surface area contributed by atoms with Crippen LogP contribution in [0.2, 0.25) is 5.02 Å². The van der Waals surface area contributed by atoms with Gasteiger partial charge in [0.05, 0.1) is 10.6 Å². The van der Waals surface area contributed by atoms with Gasteiger partial charge in [0.1, 0.15) is 6.07 Å². The molecule has 0 bridgehead atoms. The monoisotopic (exact) mass is 291 g/mol. The molecule has 20 heavy (non-hydrogen) atoms. The van der Waals surface area contributed by atoms with Crippen LogP contribution in [0.15, 0.2) is 17.7 Å². The number of ketones is 1. The maximum Gasteiger partial charge on any atom is 0.183 e. The average Bonchev–Trinajstić information content (AvgIpc) is 2.99. The Bertz CT molecular complexity index is 690. The van der Waals surface area contributed by atoms with Crippen molar-refractivity contribution in [1.82, 2.24) is 0 Å². The van der Waals surface area contributed by atoms with Crippen LogP contribution in [0.3, 0.4) is 0 Å². The van der Waals surface area contributed by atoms with Crippen molar-refractivity contribution in [3.63, 3.8) is 0 Å². The van der Waals surface area contributed by atoms with Gasteiger partial charge < -0.3 is 5.11 Å². The quantitative estimate of drug-likeness (QED) is 0.862. The van der Waals surface area contributed by atoms with E-state index in [4.69, 9.17) is 11.6 Å². The molecule has 5 heteroatoms. The number of nitriles is 1. The number of aromatic hydroxyl groups is 1. The molecule has 1 saturated carbocycles. The van der Waals surface area contributed by atoms with E-state index in [0.29, 0.717) is 11.1 Å². The zero-order chi connectivity index (χ0) is 14.4. The molecule has 0 aliphatic heterocycles. The fourth-order valence-corrected chi connectivity index (χ4v) is 3.58. The van der Waals surface area contributed by atoms with Gasteiger partial charge in [-0.25, -0.2) is 4.39 Å². The second-order valence-electron chi connectivity index (χ2n) is 5.17. The molecule has 2 unspecified atom stereocenters. The molecule has 0 spiro atoms. The highest BCUT2D eigenvalue weighted by Crippen LogP contribution is 2.51. The summed E-state index contributed by atoms with van der Waals surface area (Å²) in [6, 6.07) is 4.61. The lowest BCUT2D eigenvalue weighted by atomic mass is 9.90. The van der Waals surface area contributed by atoms with Gasteiger partial charge in [0.2, 0.25) is 0 Å². The lowest BCUT2D eigenvalue weighted by Gasteiger charge is -2.15. The van der Waals surface area contributed by atoms with Gasteiger partial charge >= 0.3 is 0 Å². The number of carbonyl (C=O) groups is 1. The third-order valence-electron chi connectivity index (χ3n) is 4.20. The van der Waals surface area contributed by atoms with E-state index in [1.165, 1.54) is 12.1 Å². The Hall–Kier alpha value is -1.86. The molecule has 0 aromatic heterocycles. The molecular weight excluding hydrogens is 281 g/mol. The van der Waals surface area contributed by atoms with Gasteiger partial charge in [-0.3, -0.25) is 4.79 Å². The fraction of sp³-hybridized carbons (Fsp3) is 0.333. The zero-order valence-corrected chi connectivity index (χ0v) is 11.2. The number of phenolic OH excluding ortho intramolecular Hbond substituents is 1. The summed E-state index contributed by atoms with van der Waals surface area (Å²) in [5.74, 6) is -1.84. The molecule has 0 radical (unpaired) electrons. The fourth-order valence-electron chi connectivity index (χ4n) is 3.32. The Morgan fingerprint density at radius 1 is 1.35 bits per heavy atom. The zero-order valence-electron chi connectivity index (χ0n) is 10.5. The molecule has 0 amide bonds. The van der Waals surface area contributed by atoms with Crippen molar-refractivity contribution < 1.29 is 14.3 Å². The second kappa shape index (κ2) is 4.60. The smallest absolute Gasteiger partial charge is 0.183 e. The number of hydrogen-bond acceptors (Lipinski definition) is 3. The van der Waals surface area contributed by atoms with Gasteiger partial charge in [0.15, 0.2) is 17.3 Å². The van der Waals surface area contributed by atoms with Crippen molar-refractivity contribution in [2.24, 2.45) is 11.8 Å². The minimum Gasteiger partial charge on any atom is -0.505 e. The van der Waals surface area contributed by atoms with Crippen LogP contribution in [0.25, 0.3) is 5.57 Å². The predicted molar refractivity (Wildman–Crippen MR) is 71.4 cm³/mol. The van der Waals surface area contributed by atoms with Gasteiger partial charge in [-0.05, 0) is 36.5 Å². The lowest BCUT2D eigenvalue weighted by molar-refractivity contribution is -0.118. The summed E-state index contributed by atoms with van der Waals surface area (Å²) < 4.78 is 13.7. The third-order valence-corrected chi connectivity index (χ3v) is 4.57. The number of nitrogens with zero attached hydrogens (tertiary/aromatic N) is 1. The van der Waals surface area contributed by atoms with Crippen molar-refractivity contribution in [2.75, 3.05) is 0 Å². The lowest BCUT2D eigenvalue weighted by Crippen LogP contribution is -2.11. The Kier molecular flexibility index (Phi) is 3.02. The SMILES string of the molecule is N#CC1=C(c2ccc(O)c(F)c2Cl)C2CCCC2C1=O. The standard InChI is InChI=1S/C15H11ClFNO2/c16-13-9(4-5-11(19)14(13)17)12-7-2-1-3-8(7)15(20)10(12)6-18/h4-5,7-8,19H,1-3H2. The molecule has 2 aliphatic rings. The van der Waals surface area contributed by atoms with E-state index < -0.39 is 11.6 Å². The largest absolute Gasteiger partial charge is 0.505 e. The topological polar surface area (TPSA) is 61.1 Å². The van der Waals surface area contributed by atoms with E-state index in [9.17, 15) is 19.6 Å². The molecule has 1 aromatic carbocycles. The Morgan fingerprint density at radius 3 is 2.75 bits per heavy atom. The highest BCUT2D eigenvalue weighted by Gasteiger charge is 2.45. The Labute approximate surface area is 120 Å². The molecule has 0 heterocycles. The first kappa shape index (κ1) is 13.1. The van der Waals surface area contributed by atoms with E-state index in [0.717, 1.165) is 19.3 Å². The average molecular weight is 292 g/mol. The summed E-state index contributed by atoms with van der Waals surface area (Å²) >= 11 is 5.95. The number of allylic oxidation sites excluding steroid dienone is 2. The highest BCUT2D eigenvalue weighted by molar-refractivity contribution is 6.33. The van der Waals surface area contributed by atoms with Crippen LogP contribution in [0, 0.1) is 29.0 Å². The van der Waals surface area contributed by atoms with Gasteiger partial charge in [-0.2, -0.15) is 5.26 Å². The van der Waals surface area contributed by atoms with Crippen molar-refractivity contribution in [1.29, 1.82) is 5.26 Å². The summed E-state index contributed by atoms with van der Waals surface area (Å²) in [6.45, 7) is 0. The summed E-state index contributed by atoms with van der Waals surface area (Å²) in [6.07, 6.45) is 2.48. The van der Waals surface area contributed by atoms with Crippen LogP contribution < -0.4 is 0 Å². The number of Topliss-reactive ketones (excluding diaryl/α,β-unsaturated/α-hetero) is 1. The Balaban J connectivity index is 2.22. The maximum atomic E-state index is 13.7. The molecule has 1 N–H and O–H groups in total. The molecule has 2 aliphatic carbocycles. The van der Waals surface area contributed by atoms with Gasteiger partial charge in [0.25, 0.3) is 0 Å². The highest BCUT2D eigenvalue weighted by atomic mass is 35.5. The number of phenols is 1. The van der Waals surface area contributed by atoms with E-state index in [-0.39, 0.29) is 28.2 Å². The van der Waals surface area contributed by atoms with E-state index >= 15 is 0 Å². The van der Waals surface area contributed by atoms with Gasteiger partial charge in [-0.1, -0.05) is 18.0 Å². The third kappa shape index (κ3) is 1.66. The number of benzene rings is 1. The van der Waals surface area contributed by atoms with Gasteiger partial charge in [0, 0.05) is 11.5 Å². The summed E-state index contributed by atoms with van der Waals surface area (Å²) in [4.78, 5) is 12.2. The van der Waals surface area contributed by atoms with Gasteiger partial charge in [-0.15, -0.1) is 0 Å². The van der Waals surface area contributed by atoms with Crippen molar-refractivity contribution in [2.45, 2.75) is 19.3 Å². The number of carbonyl (C=O) groups excluding carboxylic acids is 1. The van der Waals surface area contributed by atoms with Crippen molar-refractivity contribution in [3.8, 4) is 11.8 Å². The minimum absolute atomic E-state index is 0.0569. The van der Waals surface area contributed by atoms with Crippen LogP contribution in [-0.4, -0.2) is 10.9 Å². The summed E-state index contributed by atoms with van der Waals surface area (Å²) in [5.41, 5.74) is 0.983. The summed E-state index contributed by atoms with van der Waals surface area (Å²) in [7, 11) is 0. The maximum absolute atomic E-state index is 13.7. The van der Waals surface area contributed by atoms with E-state index in [1.54, 1.807) is 0 Å².